The summed E-state index contributed by atoms with van der Waals surface area (Å²) < 4.78 is 0. The van der Waals surface area contributed by atoms with E-state index in [1.807, 2.05) is 0 Å². The highest BCUT2D eigenvalue weighted by Gasteiger charge is 1.96. The number of rotatable bonds is 3. The fraction of sp³-hybridized carbons (Fsp3) is 0.800. The van der Waals surface area contributed by atoms with Gasteiger partial charge in [-0.1, -0.05) is 0 Å². The fourth-order valence-corrected chi connectivity index (χ4v) is 0.346. The Morgan fingerprint density at radius 2 is 2.50 bits per heavy atom. The zero-order chi connectivity index (χ0) is 6.41. The molecule has 0 aromatic rings. The third-order valence-electron chi connectivity index (χ3n) is 0.817. The summed E-state index contributed by atoms with van der Waals surface area (Å²) in [4.78, 5) is 0. The van der Waals surface area contributed by atoms with E-state index in [1.165, 1.54) is 0 Å². The molecule has 0 saturated heterocycles. The second kappa shape index (κ2) is 4.57. The van der Waals surface area contributed by atoms with Crippen molar-refractivity contribution in [2.45, 2.75) is 12.5 Å². The van der Waals surface area contributed by atoms with Crippen molar-refractivity contribution in [1.82, 2.24) is 5.32 Å². The van der Waals surface area contributed by atoms with Gasteiger partial charge in [-0.2, -0.15) is 5.26 Å². The van der Waals surface area contributed by atoms with E-state index in [0.717, 1.165) is 0 Å². The first-order valence-electron chi connectivity index (χ1n) is 2.53. The van der Waals surface area contributed by atoms with Gasteiger partial charge in [0, 0.05) is 0 Å². The molecule has 46 valence electrons. The molecule has 3 heteroatoms. The van der Waals surface area contributed by atoms with Crippen molar-refractivity contribution < 1.29 is 5.11 Å². The highest BCUT2D eigenvalue weighted by atomic mass is 16.3. The molecule has 0 amide bonds. The van der Waals surface area contributed by atoms with Crippen LogP contribution in [0, 0.1) is 11.3 Å². The Balaban J connectivity index is 3.02. The summed E-state index contributed by atoms with van der Waals surface area (Å²) in [5.74, 6) is 0. The van der Waals surface area contributed by atoms with E-state index in [9.17, 15) is 0 Å². The molecule has 0 aliphatic rings. The van der Waals surface area contributed by atoms with Crippen LogP contribution in [-0.2, 0) is 0 Å². The van der Waals surface area contributed by atoms with Crippen LogP contribution < -0.4 is 5.32 Å². The van der Waals surface area contributed by atoms with Crippen molar-refractivity contribution in [3.63, 3.8) is 0 Å². The lowest BCUT2D eigenvalue weighted by molar-refractivity contribution is 0.219. The molecule has 0 saturated carbocycles. The molecule has 1 atom stereocenters. The fourth-order valence-electron chi connectivity index (χ4n) is 0.346. The van der Waals surface area contributed by atoms with Crippen LogP contribution in [0.15, 0.2) is 0 Å². The molecule has 0 fully saturated rings. The molecule has 0 aliphatic heterocycles. The lowest BCUT2D eigenvalue weighted by Crippen LogP contribution is -2.14. The third kappa shape index (κ3) is 3.59. The van der Waals surface area contributed by atoms with Crippen molar-refractivity contribution in [2.24, 2.45) is 0 Å². The lowest BCUT2D eigenvalue weighted by atomic mass is 10.3. The molecule has 0 aromatic heterocycles. The monoisotopic (exact) mass is 114 g/mol. The molecule has 0 rings (SSSR count). The van der Waals surface area contributed by atoms with Crippen molar-refractivity contribution in [3.05, 3.63) is 0 Å². The first-order valence-corrected chi connectivity index (χ1v) is 2.53. The smallest absolute Gasteiger partial charge is 0.141 e. The van der Waals surface area contributed by atoms with Gasteiger partial charge in [-0.15, -0.1) is 0 Å². The van der Waals surface area contributed by atoms with Gasteiger partial charge in [-0.3, -0.25) is 0 Å². The summed E-state index contributed by atoms with van der Waals surface area (Å²) >= 11 is 0. The number of nitriles is 1. The Morgan fingerprint density at radius 3 is 2.88 bits per heavy atom. The Bertz CT molecular complexity index is 86.9. The van der Waals surface area contributed by atoms with Crippen molar-refractivity contribution in [2.75, 3.05) is 13.6 Å². The highest BCUT2D eigenvalue weighted by molar-refractivity contribution is 4.81. The number of aliphatic hydroxyl groups is 1. The first kappa shape index (κ1) is 7.41. The van der Waals surface area contributed by atoms with Crippen molar-refractivity contribution >= 4 is 0 Å². The molecule has 2 N–H and O–H groups in total. The van der Waals surface area contributed by atoms with E-state index in [-0.39, 0.29) is 0 Å². The van der Waals surface area contributed by atoms with Gasteiger partial charge in [0.15, 0.2) is 0 Å². The predicted octanol–water partition coefficient (Wildman–Crippen LogP) is -0.520. The molecule has 0 aliphatic carbocycles. The van der Waals surface area contributed by atoms with E-state index in [4.69, 9.17) is 10.4 Å². The SMILES string of the molecule is CNCCC(O)C#N. The molecule has 3 nitrogen and oxygen atoms in total. The maximum Gasteiger partial charge on any atom is 0.141 e. The normalized spacial score (nSPS) is 12.6. The third-order valence-corrected chi connectivity index (χ3v) is 0.817. The van der Waals surface area contributed by atoms with E-state index in [1.54, 1.807) is 13.1 Å². The summed E-state index contributed by atoms with van der Waals surface area (Å²) in [5, 5.41) is 19.4. The molecule has 0 bridgehead atoms. The van der Waals surface area contributed by atoms with Gasteiger partial charge in [0.1, 0.15) is 6.10 Å². The molecule has 0 aromatic carbocycles. The van der Waals surface area contributed by atoms with Crippen LogP contribution in [0.1, 0.15) is 6.42 Å². The van der Waals surface area contributed by atoms with E-state index >= 15 is 0 Å². The first-order chi connectivity index (χ1) is 3.81. The van der Waals surface area contributed by atoms with E-state index in [2.05, 4.69) is 5.32 Å². The average Bonchev–Trinajstić information content (AvgIpc) is 1.83. The number of hydrogen-bond acceptors (Lipinski definition) is 3. The van der Waals surface area contributed by atoms with Crippen LogP contribution in [-0.4, -0.2) is 24.8 Å². The molecular weight excluding hydrogens is 104 g/mol. The van der Waals surface area contributed by atoms with Crippen LogP contribution in [0.25, 0.3) is 0 Å². The minimum absolute atomic E-state index is 0.507. The molecule has 0 radical (unpaired) electrons. The molecule has 1 unspecified atom stereocenters. The Morgan fingerprint density at radius 1 is 1.88 bits per heavy atom. The van der Waals surface area contributed by atoms with E-state index < -0.39 is 6.10 Å². The summed E-state index contributed by atoms with van der Waals surface area (Å²) in [7, 11) is 1.78. The minimum Gasteiger partial charge on any atom is -0.378 e. The quantitative estimate of drug-likeness (QED) is 0.485. The van der Waals surface area contributed by atoms with Gasteiger partial charge in [0.05, 0.1) is 6.07 Å². The summed E-state index contributed by atoms with van der Waals surface area (Å²) in [6, 6.07) is 1.72. The van der Waals surface area contributed by atoms with Gasteiger partial charge in [0.25, 0.3) is 0 Å². The number of aliphatic hydroxyl groups excluding tert-OH is 1. The standard InChI is InChI=1S/C5H10N2O/c1-7-3-2-5(8)4-6/h5,7-8H,2-3H2,1H3. The second-order valence-corrected chi connectivity index (χ2v) is 1.54. The topological polar surface area (TPSA) is 56.0 Å². The zero-order valence-electron chi connectivity index (χ0n) is 4.89. The van der Waals surface area contributed by atoms with Crippen LogP contribution in [0.5, 0.6) is 0 Å². The maximum absolute atomic E-state index is 8.59. The summed E-state index contributed by atoms with van der Waals surface area (Å²) in [6.45, 7) is 0.689. The van der Waals surface area contributed by atoms with Gasteiger partial charge in [-0.05, 0) is 20.0 Å². The second-order valence-electron chi connectivity index (χ2n) is 1.54. The van der Waals surface area contributed by atoms with Crippen molar-refractivity contribution in [3.8, 4) is 6.07 Å². The van der Waals surface area contributed by atoms with Crippen molar-refractivity contribution in [1.29, 1.82) is 5.26 Å². The average molecular weight is 114 g/mol. The number of nitrogens with one attached hydrogen (secondary N) is 1. The molecule has 0 heterocycles. The van der Waals surface area contributed by atoms with Gasteiger partial charge < -0.3 is 10.4 Å². The molecule has 8 heavy (non-hydrogen) atoms. The summed E-state index contributed by atoms with van der Waals surface area (Å²) in [6.07, 6.45) is -0.296. The van der Waals surface area contributed by atoms with E-state index in [0.29, 0.717) is 13.0 Å². The van der Waals surface area contributed by atoms with Crippen LogP contribution in [0.2, 0.25) is 0 Å². The highest BCUT2D eigenvalue weighted by Crippen LogP contribution is 1.84. The largest absolute Gasteiger partial charge is 0.378 e. The molecular formula is C5H10N2O. The Labute approximate surface area is 48.9 Å². The maximum atomic E-state index is 8.59. The Hall–Kier alpha value is -0.590. The number of nitrogens with zero attached hydrogens (tertiary/aromatic N) is 1. The predicted molar refractivity (Wildman–Crippen MR) is 30.2 cm³/mol. The Kier molecular flexibility index (Phi) is 4.23. The van der Waals surface area contributed by atoms with Gasteiger partial charge in [0.2, 0.25) is 0 Å². The van der Waals surface area contributed by atoms with Crippen LogP contribution in [0.3, 0.4) is 0 Å². The van der Waals surface area contributed by atoms with Gasteiger partial charge in [-0.25, -0.2) is 0 Å². The lowest BCUT2D eigenvalue weighted by Gasteiger charge is -1.97. The zero-order valence-corrected chi connectivity index (χ0v) is 4.89. The number of hydrogen-bond donors (Lipinski definition) is 2. The van der Waals surface area contributed by atoms with Crippen LogP contribution >= 0.6 is 0 Å². The van der Waals surface area contributed by atoms with Crippen LogP contribution in [0.4, 0.5) is 0 Å². The molecule has 0 spiro atoms. The summed E-state index contributed by atoms with van der Waals surface area (Å²) in [5.41, 5.74) is 0. The van der Waals surface area contributed by atoms with Gasteiger partial charge >= 0.3 is 0 Å². The minimum atomic E-state index is -0.803.